The number of carbonyl (C=O) groups is 1. The highest BCUT2D eigenvalue weighted by Gasteiger charge is 2.23. The van der Waals surface area contributed by atoms with Crippen molar-refractivity contribution in [1.29, 1.82) is 0 Å². The predicted octanol–water partition coefficient (Wildman–Crippen LogP) is 2.43. The van der Waals surface area contributed by atoms with Crippen LogP contribution in [0.3, 0.4) is 0 Å². The lowest BCUT2D eigenvalue weighted by Crippen LogP contribution is -2.52. The predicted molar refractivity (Wildman–Crippen MR) is 106 cm³/mol. The average Bonchev–Trinajstić information content (AvgIpc) is 2.69. The van der Waals surface area contributed by atoms with E-state index in [1.165, 1.54) is 23.8 Å². The van der Waals surface area contributed by atoms with Crippen LogP contribution in [0.4, 0.5) is 5.69 Å². The molecular weight excluding hydrogens is 364 g/mol. The lowest BCUT2D eigenvalue weighted by molar-refractivity contribution is -0.385. The van der Waals surface area contributed by atoms with Crippen LogP contribution in [0, 0.1) is 10.1 Å². The highest BCUT2D eigenvalue weighted by Crippen LogP contribution is 2.17. The van der Waals surface area contributed by atoms with E-state index in [0.717, 1.165) is 19.6 Å². The number of nitrogens with one attached hydrogen (secondary N) is 1. The first-order chi connectivity index (χ1) is 13.0. The molecule has 8 heteroatoms. The third-order valence-corrected chi connectivity index (χ3v) is 4.83. The van der Waals surface area contributed by atoms with Crippen molar-refractivity contribution in [2.24, 2.45) is 0 Å². The van der Waals surface area contributed by atoms with E-state index in [9.17, 15) is 14.9 Å². The van der Waals surface area contributed by atoms with Crippen LogP contribution >= 0.6 is 12.2 Å². The molecule has 2 aromatic carbocycles. The Hall–Kier alpha value is -2.84. The van der Waals surface area contributed by atoms with Crippen molar-refractivity contribution < 1.29 is 9.72 Å². The van der Waals surface area contributed by atoms with Crippen molar-refractivity contribution >= 4 is 28.9 Å². The summed E-state index contributed by atoms with van der Waals surface area (Å²) < 4.78 is 0. The van der Waals surface area contributed by atoms with Crippen LogP contribution in [0.5, 0.6) is 0 Å². The summed E-state index contributed by atoms with van der Waals surface area (Å²) in [5, 5.41) is 14.0. The highest BCUT2D eigenvalue weighted by atomic mass is 32.1. The Balaban J connectivity index is 1.54. The van der Waals surface area contributed by atoms with E-state index in [4.69, 9.17) is 12.2 Å². The first-order valence-corrected chi connectivity index (χ1v) is 9.05. The zero-order valence-corrected chi connectivity index (χ0v) is 15.5. The monoisotopic (exact) mass is 384 g/mol. The third-order valence-electron chi connectivity index (χ3n) is 4.47. The van der Waals surface area contributed by atoms with Crippen molar-refractivity contribution in [3.8, 4) is 0 Å². The third kappa shape index (κ3) is 4.87. The quantitative estimate of drug-likeness (QED) is 0.496. The molecule has 1 amide bonds. The van der Waals surface area contributed by atoms with Crippen LogP contribution in [0.15, 0.2) is 54.6 Å². The first kappa shape index (κ1) is 18.9. The van der Waals surface area contributed by atoms with Gasteiger partial charge in [-0.25, -0.2) is 0 Å². The minimum absolute atomic E-state index is 0.00700. The number of hydrogen-bond donors (Lipinski definition) is 1. The largest absolute Gasteiger partial charge is 0.346 e. The van der Waals surface area contributed by atoms with Gasteiger partial charge in [0.25, 0.3) is 11.6 Å². The van der Waals surface area contributed by atoms with Gasteiger partial charge in [0.15, 0.2) is 5.11 Å². The number of benzene rings is 2. The van der Waals surface area contributed by atoms with Gasteiger partial charge < -0.3 is 4.90 Å². The van der Waals surface area contributed by atoms with Crippen molar-refractivity contribution in [2.75, 3.05) is 26.2 Å². The molecule has 0 atom stereocenters. The summed E-state index contributed by atoms with van der Waals surface area (Å²) in [6.45, 7) is 3.93. The van der Waals surface area contributed by atoms with Gasteiger partial charge in [0.2, 0.25) is 0 Å². The molecule has 1 aliphatic heterocycles. The maximum Gasteiger partial charge on any atom is 0.282 e. The standard InChI is InChI=1S/C19H20N4O3S/c24-18(16-8-4-5-9-17(16)23(25)26)20-19(27)22-12-10-21(11-13-22)14-15-6-2-1-3-7-15/h1-9H,10-14H2,(H,20,24,27). The molecule has 7 nitrogen and oxygen atoms in total. The number of carbonyl (C=O) groups excluding carboxylic acids is 1. The number of thiocarbonyl (C=S) groups is 1. The summed E-state index contributed by atoms with van der Waals surface area (Å²) >= 11 is 5.33. The number of para-hydroxylation sites is 1. The molecule has 3 rings (SSSR count). The minimum Gasteiger partial charge on any atom is -0.346 e. The Morgan fingerprint density at radius 2 is 1.67 bits per heavy atom. The average molecular weight is 384 g/mol. The molecule has 27 heavy (non-hydrogen) atoms. The Morgan fingerprint density at radius 3 is 2.33 bits per heavy atom. The lowest BCUT2D eigenvalue weighted by Gasteiger charge is -2.36. The SMILES string of the molecule is O=C(NC(=S)N1CCN(Cc2ccccc2)CC1)c1ccccc1[N+](=O)[O-]. The number of rotatable bonds is 4. The Morgan fingerprint density at radius 1 is 1.04 bits per heavy atom. The molecule has 1 heterocycles. The minimum atomic E-state index is -0.569. The van der Waals surface area contributed by atoms with Gasteiger partial charge in [-0.2, -0.15) is 0 Å². The van der Waals surface area contributed by atoms with Gasteiger partial charge in [0.05, 0.1) is 4.92 Å². The Kier molecular flexibility index (Phi) is 6.10. The first-order valence-electron chi connectivity index (χ1n) is 8.64. The second-order valence-electron chi connectivity index (χ2n) is 6.28. The number of hydrogen-bond acceptors (Lipinski definition) is 5. The molecule has 1 N–H and O–H groups in total. The normalized spacial score (nSPS) is 14.6. The number of nitro benzene ring substituents is 1. The molecule has 1 aliphatic rings. The molecule has 1 fully saturated rings. The van der Waals surface area contributed by atoms with Crippen molar-refractivity contribution in [1.82, 2.24) is 15.1 Å². The summed E-state index contributed by atoms with van der Waals surface area (Å²) in [7, 11) is 0. The molecule has 0 aromatic heterocycles. The van der Waals surface area contributed by atoms with Crippen LogP contribution in [0.1, 0.15) is 15.9 Å². The number of amides is 1. The van der Waals surface area contributed by atoms with Crippen LogP contribution in [0.25, 0.3) is 0 Å². The molecule has 0 spiro atoms. The van der Waals surface area contributed by atoms with E-state index in [2.05, 4.69) is 22.3 Å². The van der Waals surface area contributed by atoms with E-state index in [1.54, 1.807) is 6.07 Å². The zero-order valence-electron chi connectivity index (χ0n) is 14.7. The summed E-state index contributed by atoms with van der Waals surface area (Å²) in [6, 6.07) is 16.1. The summed E-state index contributed by atoms with van der Waals surface area (Å²) in [4.78, 5) is 27.1. The summed E-state index contributed by atoms with van der Waals surface area (Å²) in [5.74, 6) is -0.556. The van der Waals surface area contributed by atoms with Gasteiger partial charge in [-0.05, 0) is 23.8 Å². The molecular formula is C19H20N4O3S. The molecule has 0 saturated carbocycles. The number of nitro groups is 1. The maximum absolute atomic E-state index is 12.4. The molecule has 1 saturated heterocycles. The molecule has 2 aromatic rings. The van der Waals surface area contributed by atoms with E-state index in [0.29, 0.717) is 18.2 Å². The maximum atomic E-state index is 12.4. The van der Waals surface area contributed by atoms with Gasteiger partial charge in [-0.1, -0.05) is 42.5 Å². The smallest absolute Gasteiger partial charge is 0.282 e. The van der Waals surface area contributed by atoms with Crippen LogP contribution in [0.2, 0.25) is 0 Å². The fourth-order valence-corrected chi connectivity index (χ4v) is 3.29. The van der Waals surface area contributed by atoms with Crippen LogP contribution in [-0.4, -0.2) is 51.9 Å². The zero-order chi connectivity index (χ0) is 19.2. The number of nitrogens with zero attached hydrogens (tertiary/aromatic N) is 3. The Labute approximate surface area is 162 Å². The van der Waals surface area contributed by atoms with Crippen molar-refractivity contribution in [3.63, 3.8) is 0 Å². The molecule has 0 unspecified atom stereocenters. The summed E-state index contributed by atoms with van der Waals surface area (Å²) in [6.07, 6.45) is 0. The molecule has 0 bridgehead atoms. The topological polar surface area (TPSA) is 78.7 Å². The summed E-state index contributed by atoms with van der Waals surface area (Å²) in [5.41, 5.74) is 1.04. The molecule has 140 valence electrons. The number of piperazine rings is 1. The second kappa shape index (κ2) is 8.70. The highest BCUT2D eigenvalue weighted by molar-refractivity contribution is 7.80. The van der Waals surface area contributed by atoms with Gasteiger partial charge in [-0.15, -0.1) is 0 Å². The Bertz CT molecular complexity index is 836. The van der Waals surface area contributed by atoms with E-state index < -0.39 is 10.8 Å². The fraction of sp³-hybridized carbons (Fsp3) is 0.263. The van der Waals surface area contributed by atoms with Crippen molar-refractivity contribution in [3.05, 3.63) is 75.8 Å². The van der Waals surface area contributed by atoms with E-state index in [1.807, 2.05) is 23.1 Å². The second-order valence-corrected chi connectivity index (χ2v) is 6.67. The van der Waals surface area contributed by atoms with E-state index >= 15 is 0 Å². The van der Waals surface area contributed by atoms with Crippen molar-refractivity contribution in [2.45, 2.75) is 6.54 Å². The van der Waals surface area contributed by atoms with Gasteiger partial charge in [0, 0.05) is 38.8 Å². The van der Waals surface area contributed by atoms with Gasteiger partial charge in [0.1, 0.15) is 5.56 Å². The molecule has 0 radical (unpaired) electrons. The van der Waals surface area contributed by atoms with E-state index in [-0.39, 0.29) is 11.3 Å². The van der Waals surface area contributed by atoms with Crippen LogP contribution < -0.4 is 5.32 Å². The van der Waals surface area contributed by atoms with Crippen LogP contribution in [-0.2, 0) is 6.54 Å². The molecule has 0 aliphatic carbocycles. The fourth-order valence-electron chi connectivity index (χ4n) is 3.02. The van der Waals surface area contributed by atoms with Gasteiger partial charge in [-0.3, -0.25) is 25.1 Å². The lowest BCUT2D eigenvalue weighted by atomic mass is 10.1. The van der Waals surface area contributed by atoms with Gasteiger partial charge >= 0.3 is 0 Å².